The highest BCUT2D eigenvalue weighted by atomic mass is 35.5. The Morgan fingerprint density at radius 3 is 2.53 bits per heavy atom. The van der Waals surface area contributed by atoms with E-state index in [0.29, 0.717) is 5.13 Å². The van der Waals surface area contributed by atoms with Gasteiger partial charge in [0.25, 0.3) is 0 Å². The number of nitrogens with one attached hydrogen (secondary N) is 1. The van der Waals surface area contributed by atoms with Crippen LogP contribution in [0.4, 0.5) is 24.0 Å². The van der Waals surface area contributed by atoms with Crippen LogP contribution in [0.5, 0.6) is 0 Å². The topological polar surface area (TPSA) is 24.9 Å². The number of para-hydroxylation sites is 1. The van der Waals surface area contributed by atoms with E-state index < -0.39 is 11.7 Å². The number of aromatic nitrogens is 1. The Morgan fingerprint density at radius 2 is 1.94 bits per heavy atom. The molecule has 1 aromatic carbocycles. The molecule has 0 bridgehead atoms. The van der Waals surface area contributed by atoms with Crippen molar-refractivity contribution in [2.75, 3.05) is 5.32 Å². The van der Waals surface area contributed by atoms with Crippen molar-refractivity contribution >= 4 is 33.8 Å². The standard InChI is InChI=1S/C10H6ClF3N2S/c11-8-5-17-9(16-8)15-7-4-2-1-3-6(7)10(12,13)14/h1-5H,(H,15,16). The molecule has 0 spiro atoms. The Kier molecular flexibility index (Phi) is 3.26. The van der Waals surface area contributed by atoms with E-state index in [1.807, 2.05) is 0 Å². The fourth-order valence-corrected chi connectivity index (χ4v) is 2.12. The maximum Gasteiger partial charge on any atom is 0.418 e. The smallest absolute Gasteiger partial charge is 0.331 e. The zero-order valence-corrected chi connectivity index (χ0v) is 9.83. The van der Waals surface area contributed by atoms with Gasteiger partial charge in [-0.1, -0.05) is 23.7 Å². The van der Waals surface area contributed by atoms with Gasteiger partial charge in [-0.15, -0.1) is 11.3 Å². The minimum Gasteiger partial charge on any atom is -0.331 e. The van der Waals surface area contributed by atoms with E-state index in [9.17, 15) is 13.2 Å². The summed E-state index contributed by atoms with van der Waals surface area (Å²) in [6.45, 7) is 0. The summed E-state index contributed by atoms with van der Waals surface area (Å²) in [7, 11) is 0. The Balaban J connectivity index is 2.33. The maximum absolute atomic E-state index is 12.7. The van der Waals surface area contributed by atoms with E-state index in [1.165, 1.54) is 18.2 Å². The lowest BCUT2D eigenvalue weighted by molar-refractivity contribution is -0.136. The molecule has 2 aromatic rings. The lowest BCUT2D eigenvalue weighted by Gasteiger charge is -2.12. The van der Waals surface area contributed by atoms with Gasteiger partial charge in [-0.2, -0.15) is 13.2 Å². The van der Waals surface area contributed by atoms with Crippen LogP contribution in [0.1, 0.15) is 5.56 Å². The van der Waals surface area contributed by atoms with Crippen molar-refractivity contribution in [2.45, 2.75) is 6.18 Å². The number of benzene rings is 1. The van der Waals surface area contributed by atoms with E-state index in [0.717, 1.165) is 17.4 Å². The van der Waals surface area contributed by atoms with Crippen LogP contribution in [-0.4, -0.2) is 4.98 Å². The quantitative estimate of drug-likeness (QED) is 0.871. The number of halogens is 4. The average Bonchev–Trinajstić information content (AvgIpc) is 2.63. The molecule has 0 radical (unpaired) electrons. The van der Waals surface area contributed by atoms with Gasteiger partial charge in [0, 0.05) is 5.38 Å². The second-order valence-corrected chi connectivity index (χ2v) is 4.39. The van der Waals surface area contributed by atoms with Crippen molar-refractivity contribution in [3.8, 4) is 0 Å². The first-order chi connectivity index (χ1) is 7.97. The summed E-state index contributed by atoms with van der Waals surface area (Å²) in [5, 5.41) is 4.72. The molecule has 0 aliphatic heterocycles. The van der Waals surface area contributed by atoms with Crippen LogP contribution >= 0.6 is 22.9 Å². The molecule has 2 rings (SSSR count). The van der Waals surface area contributed by atoms with Crippen LogP contribution in [0.2, 0.25) is 5.15 Å². The Bertz CT molecular complexity index is 524. The summed E-state index contributed by atoms with van der Waals surface area (Å²) in [5.74, 6) is 0. The number of anilines is 2. The molecule has 2 nitrogen and oxygen atoms in total. The zero-order chi connectivity index (χ0) is 12.5. The molecule has 0 aliphatic rings. The van der Waals surface area contributed by atoms with Gasteiger partial charge in [0.05, 0.1) is 11.3 Å². The van der Waals surface area contributed by atoms with Crippen LogP contribution in [-0.2, 0) is 6.18 Å². The summed E-state index contributed by atoms with van der Waals surface area (Å²) in [6, 6.07) is 5.21. The van der Waals surface area contributed by atoms with E-state index >= 15 is 0 Å². The summed E-state index contributed by atoms with van der Waals surface area (Å²) >= 11 is 6.74. The lowest BCUT2D eigenvalue weighted by atomic mass is 10.2. The molecular formula is C10H6ClF3N2S. The van der Waals surface area contributed by atoms with Gasteiger partial charge in [0.15, 0.2) is 5.13 Å². The monoisotopic (exact) mass is 278 g/mol. The van der Waals surface area contributed by atoms with Crippen LogP contribution in [0.25, 0.3) is 0 Å². The Hall–Kier alpha value is -1.27. The van der Waals surface area contributed by atoms with Crippen molar-refractivity contribution in [2.24, 2.45) is 0 Å². The number of nitrogens with zero attached hydrogens (tertiary/aromatic N) is 1. The summed E-state index contributed by atoms with van der Waals surface area (Å²) in [5.41, 5.74) is -0.766. The summed E-state index contributed by atoms with van der Waals surface area (Å²) in [4.78, 5) is 3.83. The zero-order valence-electron chi connectivity index (χ0n) is 8.25. The van der Waals surface area contributed by atoms with Crippen LogP contribution in [0, 0.1) is 0 Å². The molecule has 1 aromatic heterocycles. The van der Waals surface area contributed by atoms with Crippen molar-refractivity contribution in [1.82, 2.24) is 4.98 Å². The van der Waals surface area contributed by atoms with E-state index in [2.05, 4.69) is 10.3 Å². The molecule has 0 saturated carbocycles. The van der Waals surface area contributed by atoms with Crippen LogP contribution < -0.4 is 5.32 Å². The molecule has 17 heavy (non-hydrogen) atoms. The molecule has 1 heterocycles. The first-order valence-corrected chi connectivity index (χ1v) is 5.77. The third-order valence-corrected chi connectivity index (χ3v) is 3.03. The second kappa shape index (κ2) is 4.54. The van der Waals surface area contributed by atoms with Gasteiger partial charge in [-0.3, -0.25) is 0 Å². The number of hydrogen-bond acceptors (Lipinski definition) is 3. The molecule has 0 fully saturated rings. The Morgan fingerprint density at radius 1 is 1.24 bits per heavy atom. The molecule has 1 N–H and O–H groups in total. The lowest BCUT2D eigenvalue weighted by Crippen LogP contribution is -2.08. The highest BCUT2D eigenvalue weighted by Crippen LogP contribution is 2.36. The van der Waals surface area contributed by atoms with E-state index in [-0.39, 0.29) is 10.8 Å². The average molecular weight is 279 g/mol. The highest BCUT2D eigenvalue weighted by Gasteiger charge is 2.33. The minimum atomic E-state index is -4.40. The first kappa shape index (κ1) is 12.2. The predicted molar refractivity (Wildman–Crippen MR) is 61.9 cm³/mol. The molecule has 90 valence electrons. The third kappa shape index (κ3) is 2.89. The largest absolute Gasteiger partial charge is 0.418 e. The molecule has 7 heteroatoms. The fraction of sp³-hybridized carbons (Fsp3) is 0.100. The van der Waals surface area contributed by atoms with Crippen LogP contribution in [0.3, 0.4) is 0 Å². The number of alkyl halides is 3. The van der Waals surface area contributed by atoms with Crippen LogP contribution in [0.15, 0.2) is 29.6 Å². The number of thiazole rings is 1. The van der Waals surface area contributed by atoms with Crippen molar-refractivity contribution in [1.29, 1.82) is 0 Å². The van der Waals surface area contributed by atoms with Gasteiger partial charge in [0.2, 0.25) is 0 Å². The van der Waals surface area contributed by atoms with Gasteiger partial charge in [-0.05, 0) is 12.1 Å². The van der Waals surface area contributed by atoms with Gasteiger partial charge in [0.1, 0.15) is 5.15 Å². The maximum atomic E-state index is 12.7. The predicted octanol–water partition coefficient (Wildman–Crippen LogP) is 4.56. The molecule has 0 atom stereocenters. The van der Waals surface area contributed by atoms with E-state index in [1.54, 1.807) is 5.38 Å². The molecule has 0 amide bonds. The van der Waals surface area contributed by atoms with Crippen molar-refractivity contribution < 1.29 is 13.2 Å². The molecule has 0 saturated heterocycles. The molecular weight excluding hydrogens is 273 g/mol. The molecule has 0 aliphatic carbocycles. The van der Waals surface area contributed by atoms with Gasteiger partial charge < -0.3 is 5.32 Å². The van der Waals surface area contributed by atoms with E-state index in [4.69, 9.17) is 11.6 Å². The molecule has 0 unspecified atom stereocenters. The first-order valence-electron chi connectivity index (χ1n) is 4.51. The van der Waals surface area contributed by atoms with Crippen molar-refractivity contribution in [3.63, 3.8) is 0 Å². The highest BCUT2D eigenvalue weighted by molar-refractivity contribution is 7.14. The fourth-order valence-electron chi connectivity index (χ4n) is 1.27. The number of rotatable bonds is 2. The second-order valence-electron chi connectivity index (χ2n) is 3.14. The van der Waals surface area contributed by atoms with Gasteiger partial charge >= 0.3 is 6.18 Å². The minimum absolute atomic E-state index is 0.0361. The Labute approximate surface area is 104 Å². The summed E-state index contributed by atoms with van der Waals surface area (Å²) < 4.78 is 38.0. The normalized spacial score (nSPS) is 11.5. The van der Waals surface area contributed by atoms with Gasteiger partial charge in [-0.25, -0.2) is 4.98 Å². The third-order valence-electron chi connectivity index (χ3n) is 1.95. The number of hydrogen-bond donors (Lipinski definition) is 1. The van der Waals surface area contributed by atoms with Crippen molar-refractivity contribution in [3.05, 3.63) is 40.4 Å². The summed E-state index contributed by atoms with van der Waals surface area (Å²) in [6.07, 6.45) is -4.40. The SMILES string of the molecule is FC(F)(F)c1ccccc1Nc1nc(Cl)cs1.